The molecule has 0 bridgehead atoms. The Labute approximate surface area is 104 Å². The first-order valence-corrected chi connectivity index (χ1v) is 5.49. The molecule has 0 aliphatic rings. The van der Waals surface area contributed by atoms with E-state index in [-0.39, 0.29) is 12.0 Å². The van der Waals surface area contributed by atoms with E-state index in [9.17, 15) is 9.59 Å². The van der Waals surface area contributed by atoms with Crippen LogP contribution in [0.5, 0.6) is 5.75 Å². The smallest absolute Gasteiger partial charge is 0.314 e. The number of hydrogen-bond donors (Lipinski definition) is 1. The van der Waals surface area contributed by atoms with Crippen LogP contribution in [0, 0.1) is 5.92 Å². The van der Waals surface area contributed by atoms with Gasteiger partial charge in [0.25, 0.3) is 0 Å². The normalized spacial score (nSPS) is 11.9. The Morgan fingerprint density at radius 2 is 2.12 bits per heavy atom. The van der Waals surface area contributed by atoms with Crippen LogP contribution in [-0.2, 0) is 4.79 Å². The van der Waals surface area contributed by atoms with Gasteiger partial charge in [0.1, 0.15) is 11.7 Å². The zero-order valence-electron chi connectivity index (χ0n) is 9.57. The van der Waals surface area contributed by atoms with Gasteiger partial charge in [0.2, 0.25) is 0 Å². The number of ketones is 1. The van der Waals surface area contributed by atoms with Crippen LogP contribution in [0.3, 0.4) is 0 Å². The van der Waals surface area contributed by atoms with Crippen molar-refractivity contribution in [3.05, 3.63) is 28.8 Å². The average Bonchev–Trinajstić information content (AvgIpc) is 2.29. The van der Waals surface area contributed by atoms with Crippen LogP contribution >= 0.6 is 11.6 Å². The minimum Gasteiger partial charge on any atom is -0.496 e. The Morgan fingerprint density at radius 3 is 2.59 bits per heavy atom. The maximum Gasteiger partial charge on any atom is 0.314 e. The molecule has 0 fully saturated rings. The summed E-state index contributed by atoms with van der Waals surface area (Å²) in [6.45, 7) is 1.65. The molecule has 0 aliphatic carbocycles. The molecule has 0 radical (unpaired) electrons. The van der Waals surface area contributed by atoms with Crippen LogP contribution in [0.4, 0.5) is 0 Å². The topological polar surface area (TPSA) is 63.6 Å². The Morgan fingerprint density at radius 1 is 1.47 bits per heavy atom. The maximum atomic E-state index is 12.0. The van der Waals surface area contributed by atoms with Crippen molar-refractivity contribution in [1.29, 1.82) is 0 Å². The Balaban J connectivity index is 3.18. The lowest BCUT2D eigenvalue weighted by Gasteiger charge is -2.12. The number of methoxy groups -OCH3 is 1. The van der Waals surface area contributed by atoms with Crippen molar-refractivity contribution in [2.75, 3.05) is 7.11 Å². The van der Waals surface area contributed by atoms with Gasteiger partial charge in [-0.1, -0.05) is 18.5 Å². The van der Waals surface area contributed by atoms with E-state index in [4.69, 9.17) is 21.4 Å². The van der Waals surface area contributed by atoms with E-state index >= 15 is 0 Å². The average molecular weight is 257 g/mol. The van der Waals surface area contributed by atoms with E-state index in [1.54, 1.807) is 19.1 Å². The standard InChI is InChI=1S/C12H13ClO4/c1-3-8(12(15)16)11(14)9-6-7(13)4-5-10(9)17-2/h4-6,8H,3H2,1-2H3,(H,15,16). The molecule has 1 atom stereocenters. The fourth-order valence-electron chi connectivity index (χ4n) is 1.53. The summed E-state index contributed by atoms with van der Waals surface area (Å²) < 4.78 is 5.02. The summed E-state index contributed by atoms with van der Waals surface area (Å²) in [6.07, 6.45) is 0.226. The summed E-state index contributed by atoms with van der Waals surface area (Å²) in [7, 11) is 1.42. The molecule has 1 aromatic carbocycles. The van der Waals surface area contributed by atoms with Crippen LogP contribution in [-0.4, -0.2) is 24.0 Å². The van der Waals surface area contributed by atoms with E-state index < -0.39 is 17.7 Å². The summed E-state index contributed by atoms with van der Waals surface area (Å²) in [5.74, 6) is -2.36. The number of Topliss-reactive ketones (excluding diaryl/α,β-unsaturated/α-hetero) is 1. The predicted molar refractivity (Wildman–Crippen MR) is 63.8 cm³/mol. The molecule has 4 nitrogen and oxygen atoms in total. The van der Waals surface area contributed by atoms with E-state index in [0.29, 0.717) is 10.8 Å². The third-order valence-electron chi connectivity index (χ3n) is 2.45. The third-order valence-corrected chi connectivity index (χ3v) is 2.68. The second kappa shape index (κ2) is 5.68. The van der Waals surface area contributed by atoms with Gasteiger partial charge in [-0.15, -0.1) is 0 Å². The van der Waals surface area contributed by atoms with E-state index in [0.717, 1.165) is 0 Å². The number of hydrogen-bond acceptors (Lipinski definition) is 3. The quantitative estimate of drug-likeness (QED) is 0.650. The van der Waals surface area contributed by atoms with E-state index in [1.165, 1.54) is 13.2 Å². The molecule has 17 heavy (non-hydrogen) atoms. The van der Waals surface area contributed by atoms with Crippen LogP contribution in [0.25, 0.3) is 0 Å². The number of rotatable bonds is 5. The lowest BCUT2D eigenvalue weighted by molar-refractivity contribution is -0.140. The van der Waals surface area contributed by atoms with E-state index in [1.807, 2.05) is 0 Å². The molecule has 92 valence electrons. The molecule has 1 aromatic rings. The van der Waals surface area contributed by atoms with Crippen LogP contribution in [0.1, 0.15) is 23.7 Å². The highest BCUT2D eigenvalue weighted by molar-refractivity contribution is 6.31. The molecule has 0 saturated carbocycles. The van der Waals surface area contributed by atoms with Gasteiger partial charge in [-0.3, -0.25) is 9.59 Å². The fourth-order valence-corrected chi connectivity index (χ4v) is 1.70. The van der Waals surface area contributed by atoms with Crippen LogP contribution < -0.4 is 4.74 Å². The Kier molecular flexibility index (Phi) is 4.52. The molecule has 1 rings (SSSR count). The van der Waals surface area contributed by atoms with Gasteiger partial charge < -0.3 is 9.84 Å². The second-order valence-electron chi connectivity index (χ2n) is 3.51. The molecular weight excluding hydrogens is 244 g/mol. The molecule has 0 amide bonds. The highest BCUT2D eigenvalue weighted by Crippen LogP contribution is 2.26. The highest BCUT2D eigenvalue weighted by Gasteiger charge is 2.27. The molecule has 1 unspecified atom stereocenters. The van der Waals surface area contributed by atoms with Crippen molar-refractivity contribution >= 4 is 23.4 Å². The molecule has 0 aromatic heterocycles. The van der Waals surface area contributed by atoms with Crippen molar-refractivity contribution in [3.8, 4) is 5.75 Å². The van der Waals surface area contributed by atoms with Crippen molar-refractivity contribution in [3.63, 3.8) is 0 Å². The zero-order chi connectivity index (χ0) is 13.0. The molecule has 0 aliphatic heterocycles. The van der Waals surface area contributed by atoms with Crippen molar-refractivity contribution < 1.29 is 19.4 Å². The zero-order valence-corrected chi connectivity index (χ0v) is 10.3. The minimum absolute atomic E-state index is 0.203. The number of carboxylic acid groups (broad SMARTS) is 1. The predicted octanol–water partition coefficient (Wildman–Crippen LogP) is 2.64. The number of ether oxygens (including phenoxy) is 1. The summed E-state index contributed by atoms with van der Waals surface area (Å²) in [5, 5.41) is 9.31. The van der Waals surface area contributed by atoms with Gasteiger partial charge in [0.15, 0.2) is 5.78 Å². The number of aliphatic carboxylic acids is 1. The van der Waals surface area contributed by atoms with Gasteiger partial charge in [-0.25, -0.2) is 0 Å². The Hall–Kier alpha value is -1.55. The van der Waals surface area contributed by atoms with Crippen molar-refractivity contribution in [2.45, 2.75) is 13.3 Å². The lowest BCUT2D eigenvalue weighted by Crippen LogP contribution is -2.23. The number of benzene rings is 1. The minimum atomic E-state index is -1.14. The first kappa shape index (κ1) is 13.5. The van der Waals surface area contributed by atoms with Crippen molar-refractivity contribution in [1.82, 2.24) is 0 Å². The summed E-state index contributed by atoms with van der Waals surface area (Å²) in [4.78, 5) is 23.0. The molecule has 0 heterocycles. The maximum absolute atomic E-state index is 12.0. The second-order valence-corrected chi connectivity index (χ2v) is 3.94. The van der Waals surface area contributed by atoms with Crippen LogP contribution in [0.2, 0.25) is 5.02 Å². The first-order chi connectivity index (χ1) is 8.01. The van der Waals surface area contributed by atoms with Gasteiger partial charge in [-0.05, 0) is 24.6 Å². The summed E-state index contributed by atoms with van der Waals surface area (Å²) >= 11 is 5.79. The lowest BCUT2D eigenvalue weighted by atomic mass is 9.95. The molecule has 5 heteroatoms. The van der Waals surface area contributed by atoms with Gasteiger partial charge in [-0.2, -0.15) is 0 Å². The fraction of sp³-hybridized carbons (Fsp3) is 0.333. The summed E-state index contributed by atoms with van der Waals surface area (Å²) in [5.41, 5.74) is 0.203. The molecular formula is C12H13ClO4. The third kappa shape index (κ3) is 2.97. The molecule has 0 saturated heterocycles. The largest absolute Gasteiger partial charge is 0.496 e. The monoisotopic (exact) mass is 256 g/mol. The number of carbonyl (C=O) groups is 2. The number of halogens is 1. The number of carboxylic acids is 1. The molecule has 0 spiro atoms. The van der Waals surface area contributed by atoms with Crippen LogP contribution in [0.15, 0.2) is 18.2 Å². The highest BCUT2D eigenvalue weighted by atomic mass is 35.5. The van der Waals surface area contributed by atoms with Crippen molar-refractivity contribution in [2.24, 2.45) is 5.92 Å². The number of carbonyl (C=O) groups excluding carboxylic acids is 1. The Bertz CT molecular complexity index is 442. The van der Waals surface area contributed by atoms with Gasteiger partial charge in [0.05, 0.1) is 12.7 Å². The summed E-state index contributed by atoms with van der Waals surface area (Å²) in [6, 6.07) is 4.55. The SMILES string of the molecule is CCC(C(=O)O)C(=O)c1cc(Cl)ccc1OC. The first-order valence-electron chi connectivity index (χ1n) is 5.11. The van der Waals surface area contributed by atoms with Gasteiger partial charge >= 0.3 is 5.97 Å². The van der Waals surface area contributed by atoms with E-state index in [2.05, 4.69) is 0 Å². The van der Waals surface area contributed by atoms with Gasteiger partial charge in [0, 0.05) is 5.02 Å². The molecule has 1 N–H and O–H groups in total.